The van der Waals surface area contributed by atoms with E-state index in [1.54, 1.807) is 0 Å². The van der Waals surface area contributed by atoms with Crippen LogP contribution in [0.2, 0.25) is 0 Å². The van der Waals surface area contributed by atoms with E-state index in [2.05, 4.69) is 15.3 Å². The number of nitrogens with one attached hydrogen (secondary N) is 1. The van der Waals surface area contributed by atoms with Gasteiger partial charge in [0.15, 0.2) is 5.96 Å². The van der Waals surface area contributed by atoms with Crippen LogP contribution < -0.4 is 11.1 Å². The molecule has 104 valence electrons. The van der Waals surface area contributed by atoms with Gasteiger partial charge < -0.3 is 11.1 Å². The van der Waals surface area contributed by atoms with Crippen molar-refractivity contribution in [1.82, 2.24) is 14.9 Å². The van der Waals surface area contributed by atoms with Gasteiger partial charge in [0.05, 0.1) is 0 Å². The molecule has 0 saturated carbocycles. The first-order valence-electron chi connectivity index (χ1n) is 5.41. The summed E-state index contributed by atoms with van der Waals surface area (Å²) in [7, 11) is 0. The monoisotopic (exact) mass is 373 g/mol. The van der Waals surface area contributed by atoms with Crippen LogP contribution in [0.1, 0.15) is 32.6 Å². The van der Waals surface area contributed by atoms with Crippen molar-refractivity contribution in [3.05, 3.63) is 18.2 Å². The van der Waals surface area contributed by atoms with Crippen LogP contribution in [0.5, 0.6) is 0 Å². The summed E-state index contributed by atoms with van der Waals surface area (Å²) in [6.07, 6.45) is 3.44. The molecule has 5 nitrogen and oxygen atoms in total. The van der Waals surface area contributed by atoms with E-state index < -0.39 is 6.55 Å². The SMILES string of the molecule is CCC(C)NC(N)=NCc1nccn1C(F)F.I. The maximum Gasteiger partial charge on any atom is 0.319 e. The molecule has 1 heterocycles. The molecule has 0 fully saturated rings. The number of alkyl halides is 2. The molecular formula is C10H18F2IN5. The highest BCUT2D eigenvalue weighted by Crippen LogP contribution is 2.12. The Kier molecular flexibility index (Phi) is 7.80. The highest BCUT2D eigenvalue weighted by atomic mass is 127. The third-order valence-electron chi connectivity index (χ3n) is 2.36. The van der Waals surface area contributed by atoms with Crippen molar-refractivity contribution in [3.8, 4) is 0 Å². The molecule has 3 N–H and O–H groups in total. The van der Waals surface area contributed by atoms with Gasteiger partial charge in [0.1, 0.15) is 12.4 Å². The van der Waals surface area contributed by atoms with Crippen LogP contribution in [0.3, 0.4) is 0 Å². The Hall–Kier alpha value is -0.930. The second kappa shape index (κ2) is 8.22. The molecule has 0 radical (unpaired) electrons. The number of halogens is 3. The van der Waals surface area contributed by atoms with Crippen LogP contribution in [0.15, 0.2) is 17.4 Å². The zero-order valence-corrected chi connectivity index (χ0v) is 12.6. The van der Waals surface area contributed by atoms with Crippen molar-refractivity contribution in [3.63, 3.8) is 0 Å². The molecule has 1 unspecified atom stereocenters. The van der Waals surface area contributed by atoms with Crippen LogP contribution in [0.4, 0.5) is 8.78 Å². The van der Waals surface area contributed by atoms with Gasteiger partial charge in [-0.15, -0.1) is 24.0 Å². The van der Waals surface area contributed by atoms with E-state index in [9.17, 15) is 8.78 Å². The van der Waals surface area contributed by atoms with Gasteiger partial charge in [0.2, 0.25) is 0 Å². The fourth-order valence-electron chi connectivity index (χ4n) is 1.20. The number of nitrogens with zero attached hydrogens (tertiary/aromatic N) is 3. The summed E-state index contributed by atoms with van der Waals surface area (Å²) in [6.45, 7) is 1.40. The molecule has 0 aromatic carbocycles. The summed E-state index contributed by atoms with van der Waals surface area (Å²) < 4.78 is 25.7. The van der Waals surface area contributed by atoms with Gasteiger partial charge in [-0.25, -0.2) is 9.98 Å². The van der Waals surface area contributed by atoms with Crippen molar-refractivity contribution in [2.45, 2.75) is 39.4 Å². The summed E-state index contributed by atoms with van der Waals surface area (Å²) in [5.74, 6) is 0.428. The van der Waals surface area contributed by atoms with Gasteiger partial charge in [-0.1, -0.05) is 6.92 Å². The van der Waals surface area contributed by atoms with E-state index >= 15 is 0 Å². The molecular weight excluding hydrogens is 355 g/mol. The fourth-order valence-corrected chi connectivity index (χ4v) is 1.20. The zero-order valence-electron chi connectivity index (χ0n) is 10.3. The minimum atomic E-state index is -2.61. The topological polar surface area (TPSA) is 68.2 Å². The Morgan fingerprint density at radius 1 is 1.61 bits per heavy atom. The van der Waals surface area contributed by atoms with Crippen LogP contribution in [-0.4, -0.2) is 21.6 Å². The van der Waals surface area contributed by atoms with Crippen molar-refractivity contribution < 1.29 is 8.78 Å². The molecule has 1 aromatic rings. The molecule has 18 heavy (non-hydrogen) atoms. The summed E-state index contributed by atoms with van der Waals surface area (Å²) in [6, 6.07) is 0.202. The second-order valence-electron chi connectivity index (χ2n) is 3.68. The van der Waals surface area contributed by atoms with Gasteiger partial charge in [0, 0.05) is 18.4 Å². The van der Waals surface area contributed by atoms with E-state index in [0.717, 1.165) is 11.0 Å². The van der Waals surface area contributed by atoms with Crippen molar-refractivity contribution in [1.29, 1.82) is 0 Å². The van der Waals surface area contributed by atoms with Crippen LogP contribution in [-0.2, 0) is 6.54 Å². The Morgan fingerprint density at radius 3 is 2.83 bits per heavy atom. The minimum absolute atomic E-state index is 0. The Bertz CT molecular complexity index is 380. The summed E-state index contributed by atoms with van der Waals surface area (Å²) in [5.41, 5.74) is 5.61. The number of imidazole rings is 1. The average molecular weight is 373 g/mol. The number of hydrogen-bond donors (Lipinski definition) is 2. The molecule has 0 spiro atoms. The highest BCUT2D eigenvalue weighted by molar-refractivity contribution is 14.0. The third kappa shape index (κ3) is 5.15. The summed E-state index contributed by atoms with van der Waals surface area (Å²) in [5, 5.41) is 2.94. The summed E-state index contributed by atoms with van der Waals surface area (Å²) >= 11 is 0. The fraction of sp³-hybridized carbons (Fsp3) is 0.600. The van der Waals surface area contributed by atoms with Gasteiger partial charge in [0.25, 0.3) is 0 Å². The molecule has 0 aliphatic heterocycles. The van der Waals surface area contributed by atoms with E-state index in [1.165, 1.54) is 12.4 Å². The quantitative estimate of drug-likeness (QED) is 0.472. The number of aliphatic imine (C=N–C) groups is 1. The smallest absolute Gasteiger partial charge is 0.319 e. The molecule has 0 aliphatic carbocycles. The predicted molar refractivity (Wildman–Crippen MR) is 77.1 cm³/mol. The normalized spacial score (nSPS) is 13.3. The number of hydrogen-bond acceptors (Lipinski definition) is 2. The lowest BCUT2D eigenvalue weighted by Gasteiger charge is -2.11. The van der Waals surface area contributed by atoms with Gasteiger partial charge in [-0.2, -0.15) is 8.78 Å². The standard InChI is InChI=1S/C10H17F2N5.HI/c1-3-7(2)16-10(13)15-6-8-14-4-5-17(8)9(11)12;/h4-5,7,9H,3,6H2,1-2H3,(H3,13,15,16);1H. The van der Waals surface area contributed by atoms with Crippen molar-refractivity contribution >= 4 is 29.9 Å². The molecule has 0 aliphatic rings. The third-order valence-corrected chi connectivity index (χ3v) is 2.36. The maximum atomic E-state index is 12.5. The molecule has 0 saturated heterocycles. The van der Waals surface area contributed by atoms with E-state index in [-0.39, 0.29) is 48.3 Å². The average Bonchev–Trinajstić information content (AvgIpc) is 2.74. The highest BCUT2D eigenvalue weighted by Gasteiger charge is 2.10. The Morgan fingerprint density at radius 2 is 2.28 bits per heavy atom. The Labute approximate surface area is 122 Å². The lowest BCUT2D eigenvalue weighted by atomic mass is 10.3. The van der Waals surface area contributed by atoms with Crippen molar-refractivity contribution in [2.24, 2.45) is 10.7 Å². The molecule has 1 aromatic heterocycles. The minimum Gasteiger partial charge on any atom is -0.370 e. The first-order chi connectivity index (χ1) is 8.04. The van der Waals surface area contributed by atoms with Gasteiger partial charge in [-0.05, 0) is 13.3 Å². The van der Waals surface area contributed by atoms with E-state index in [4.69, 9.17) is 5.73 Å². The molecule has 0 amide bonds. The number of guanidine groups is 1. The first-order valence-corrected chi connectivity index (χ1v) is 5.41. The van der Waals surface area contributed by atoms with Crippen LogP contribution in [0.25, 0.3) is 0 Å². The second-order valence-corrected chi connectivity index (χ2v) is 3.68. The number of nitrogens with two attached hydrogens (primary N) is 1. The molecule has 0 bridgehead atoms. The Balaban J connectivity index is 0.00000289. The van der Waals surface area contributed by atoms with Crippen LogP contribution in [0, 0.1) is 0 Å². The predicted octanol–water partition coefficient (Wildman–Crippen LogP) is 2.10. The molecule has 1 atom stereocenters. The largest absolute Gasteiger partial charge is 0.370 e. The molecule has 1 rings (SSSR count). The number of aromatic nitrogens is 2. The van der Waals surface area contributed by atoms with E-state index in [1.807, 2.05) is 13.8 Å². The lowest BCUT2D eigenvalue weighted by molar-refractivity contribution is 0.0671. The van der Waals surface area contributed by atoms with Gasteiger partial charge in [-0.3, -0.25) is 4.57 Å². The molecule has 8 heteroatoms. The van der Waals surface area contributed by atoms with Crippen LogP contribution >= 0.6 is 24.0 Å². The first kappa shape index (κ1) is 17.1. The zero-order chi connectivity index (χ0) is 12.8. The van der Waals surface area contributed by atoms with Crippen molar-refractivity contribution in [2.75, 3.05) is 0 Å². The van der Waals surface area contributed by atoms with E-state index in [0.29, 0.717) is 0 Å². The maximum absolute atomic E-state index is 12.5. The lowest BCUT2D eigenvalue weighted by Crippen LogP contribution is -2.38. The number of rotatable bonds is 5. The summed E-state index contributed by atoms with van der Waals surface area (Å²) in [4.78, 5) is 7.77. The van der Waals surface area contributed by atoms with Gasteiger partial charge >= 0.3 is 6.55 Å².